The number of aliphatic hydroxyl groups excluding tert-OH is 2. The van der Waals surface area contributed by atoms with Gasteiger partial charge in [-0.3, -0.25) is 24.0 Å². The summed E-state index contributed by atoms with van der Waals surface area (Å²) in [6, 6.07) is -3.63. The highest BCUT2D eigenvalue weighted by molar-refractivity contribution is 6.08. The fourth-order valence-electron chi connectivity index (χ4n) is 3.19. The molecule has 34 heavy (non-hydrogen) atoms. The van der Waals surface area contributed by atoms with Gasteiger partial charge >= 0.3 is 6.03 Å². The number of Topliss-reactive ketones (excluding diaryl/α,β-unsaturated/α-hetero) is 1. The molecule has 14 heteroatoms. The lowest BCUT2D eigenvalue weighted by molar-refractivity contribution is -0.125. The molecule has 4 unspecified atom stereocenters. The maximum atomic E-state index is 12.1. The second-order valence-corrected chi connectivity index (χ2v) is 8.23. The number of carbonyl (C=O) groups excluding carboxylic acids is 6. The topological polar surface area (TPSA) is 243 Å². The van der Waals surface area contributed by atoms with Gasteiger partial charge in [0.1, 0.15) is 17.6 Å². The van der Waals surface area contributed by atoms with Crippen LogP contribution in [0.1, 0.15) is 51.9 Å². The average Bonchev–Trinajstić information content (AvgIpc) is 3.40. The van der Waals surface area contributed by atoms with Crippen LogP contribution in [0.15, 0.2) is 0 Å². The minimum Gasteiger partial charge on any atom is -0.394 e. The average molecular weight is 487 g/mol. The third-order valence-electron chi connectivity index (χ3n) is 5.38. The summed E-state index contributed by atoms with van der Waals surface area (Å²) in [7, 11) is 0. The highest BCUT2D eigenvalue weighted by atomic mass is 16.3. The molecule has 14 nitrogen and oxygen atoms in total. The molecule has 0 aromatic rings. The summed E-state index contributed by atoms with van der Waals surface area (Å²) in [6.45, 7) is 1.02. The molecule has 1 aliphatic carbocycles. The van der Waals surface area contributed by atoms with Crippen molar-refractivity contribution in [3.8, 4) is 0 Å². The normalized spacial score (nSPS) is 19.3. The van der Waals surface area contributed by atoms with Crippen molar-refractivity contribution in [3.05, 3.63) is 0 Å². The molecule has 0 saturated heterocycles. The van der Waals surface area contributed by atoms with E-state index in [1.165, 1.54) is 6.92 Å². The molecule has 0 aliphatic heterocycles. The number of nitrogens with two attached hydrogens (primary N) is 2. The van der Waals surface area contributed by atoms with E-state index in [4.69, 9.17) is 11.5 Å². The number of hydrogen-bond acceptors (Lipinski definition) is 8. The largest absolute Gasteiger partial charge is 0.394 e. The molecule has 0 heterocycles. The van der Waals surface area contributed by atoms with Gasteiger partial charge in [0.05, 0.1) is 19.1 Å². The number of ketones is 1. The molecule has 0 spiro atoms. The minimum atomic E-state index is -1.36. The van der Waals surface area contributed by atoms with Gasteiger partial charge in [0.15, 0.2) is 5.78 Å². The van der Waals surface area contributed by atoms with Gasteiger partial charge in [-0.25, -0.2) is 4.79 Å². The number of aliphatic hydroxyl groups is 2. The van der Waals surface area contributed by atoms with Crippen molar-refractivity contribution >= 4 is 35.4 Å². The van der Waals surface area contributed by atoms with Crippen LogP contribution in [0.2, 0.25) is 0 Å². The summed E-state index contributed by atoms with van der Waals surface area (Å²) in [5, 5.41) is 28.4. The van der Waals surface area contributed by atoms with Crippen LogP contribution in [-0.4, -0.2) is 82.5 Å². The zero-order chi connectivity index (χ0) is 25.9. The van der Waals surface area contributed by atoms with Crippen molar-refractivity contribution in [2.75, 3.05) is 13.2 Å². The first-order valence-electron chi connectivity index (χ1n) is 11.0. The van der Waals surface area contributed by atoms with Gasteiger partial charge < -0.3 is 42.9 Å². The zero-order valence-corrected chi connectivity index (χ0v) is 19.1. The first-order chi connectivity index (χ1) is 15.9. The van der Waals surface area contributed by atoms with Crippen LogP contribution < -0.4 is 32.7 Å². The zero-order valence-electron chi connectivity index (χ0n) is 19.1. The Kier molecular flexibility index (Phi) is 11.4. The Labute approximate surface area is 196 Å². The van der Waals surface area contributed by atoms with Gasteiger partial charge in [-0.15, -0.1) is 0 Å². The van der Waals surface area contributed by atoms with Gasteiger partial charge in [0.2, 0.25) is 23.6 Å². The molecule has 0 aromatic heterocycles. The van der Waals surface area contributed by atoms with E-state index in [0.29, 0.717) is 25.7 Å². The van der Waals surface area contributed by atoms with E-state index in [1.807, 2.05) is 0 Å². The van der Waals surface area contributed by atoms with E-state index in [0.717, 1.165) is 0 Å². The second kappa shape index (κ2) is 13.4. The van der Waals surface area contributed by atoms with Gasteiger partial charge in [0.25, 0.3) is 0 Å². The lowest BCUT2D eigenvalue weighted by Crippen LogP contribution is -2.56. The summed E-state index contributed by atoms with van der Waals surface area (Å²) >= 11 is 0. The molecular weight excluding hydrogens is 452 g/mol. The minimum absolute atomic E-state index is 0.139. The second-order valence-electron chi connectivity index (χ2n) is 8.23. The molecule has 6 amide bonds. The van der Waals surface area contributed by atoms with Crippen LogP contribution in [0.25, 0.3) is 0 Å². The number of nitrogens with one attached hydrogen (secondary N) is 4. The van der Waals surface area contributed by atoms with Crippen molar-refractivity contribution in [3.63, 3.8) is 0 Å². The van der Waals surface area contributed by atoms with Crippen molar-refractivity contribution in [2.24, 2.45) is 11.5 Å². The Hall–Kier alpha value is -3.26. The third kappa shape index (κ3) is 9.31. The van der Waals surface area contributed by atoms with Crippen LogP contribution in [0.4, 0.5) is 4.79 Å². The van der Waals surface area contributed by atoms with E-state index in [-0.39, 0.29) is 31.1 Å². The van der Waals surface area contributed by atoms with Crippen LogP contribution in [0.3, 0.4) is 0 Å². The fraction of sp³-hybridized carbons (Fsp3) is 0.700. The van der Waals surface area contributed by atoms with Crippen molar-refractivity contribution in [1.29, 1.82) is 0 Å². The first kappa shape index (κ1) is 28.8. The molecular formula is C20H34N6O8. The number of unbranched alkanes of at least 4 members (excludes halogenated alkanes) is 3. The third-order valence-corrected chi connectivity index (χ3v) is 5.38. The predicted molar refractivity (Wildman–Crippen MR) is 118 cm³/mol. The molecule has 1 fully saturated rings. The summed E-state index contributed by atoms with van der Waals surface area (Å²) in [5.74, 6) is -2.98. The molecule has 1 rings (SSSR count). The number of urea groups is 1. The Morgan fingerprint density at radius 3 is 2.12 bits per heavy atom. The molecule has 4 atom stereocenters. The van der Waals surface area contributed by atoms with Crippen LogP contribution in [-0.2, 0) is 24.0 Å². The maximum Gasteiger partial charge on any atom is 0.316 e. The number of hydrogen-bond donors (Lipinski definition) is 8. The molecule has 0 bridgehead atoms. The molecule has 0 aromatic carbocycles. The molecule has 192 valence electrons. The van der Waals surface area contributed by atoms with Gasteiger partial charge in [0, 0.05) is 19.4 Å². The van der Waals surface area contributed by atoms with Crippen LogP contribution >= 0.6 is 0 Å². The molecule has 10 N–H and O–H groups in total. The Morgan fingerprint density at radius 2 is 1.62 bits per heavy atom. The molecule has 1 aliphatic rings. The highest BCUT2D eigenvalue weighted by Crippen LogP contribution is 2.34. The van der Waals surface area contributed by atoms with E-state index in [1.54, 1.807) is 0 Å². The summed E-state index contributed by atoms with van der Waals surface area (Å²) in [6.07, 6.45) is 1.43. The van der Waals surface area contributed by atoms with Crippen molar-refractivity contribution < 1.29 is 39.0 Å². The predicted octanol–water partition coefficient (Wildman–Crippen LogP) is -3.35. The van der Waals surface area contributed by atoms with E-state index in [2.05, 4.69) is 21.3 Å². The van der Waals surface area contributed by atoms with E-state index < -0.39 is 60.5 Å². The number of carbonyl (C=O) groups is 6. The summed E-state index contributed by atoms with van der Waals surface area (Å²) in [4.78, 5) is 69.6. The Morgan fingerprint density at radius 1 is 1.03 bits per heavy atom. The van der Waals surface area contributed by atoms with Crippen LogP contribution in [0, 0.1) is 0 Å². The van der Waals surface area contributed by atoms with Gasteiger partial charge in [-0.2, -0.15) is 0 Å². The van der Waals surface area contributed by atoms with E-state index >= 15 is 0 Å². The quantitative estimate of drug-likeness (QED) is 0.102. The van der Waals surface area contributed by atoms with Gasteiger partial charge in [-0.05, 0) is 19.8 Å². The lowest BCUT2D eigenvalue weighted by atomic mass is 10.1. The molecule has 0 radical (unpaired) electrons. The van der Waals surface area contributed by atoms with E-state index in [9.17, 15) is 39.0 Å². The maximum absolute atomic E-state index is 12.1. The fourth-order valence-corrected chi connectivity index (χ4v) is 3.19. The SMILES string of the molecule is CC(O)C1(NC(=O)CCCCCCNC(=O)C(CO)NC(=O)NC(CC(N)=O)C(N)=O)CC1=O. The Bertz CT molecular complexity index is 789. The molecule has 1 saturated carbocycles. The van der Waals surface area contributed by atoms with Crippen LogP contribution in [0.5, 0.6) is 0 Å². The summed E-state index contributed by atoms with van der Waals surface area (Å²) < 4.78 is 0. The Balaban J connectivity index is 2.23. The standard InChI is InChI=1S/C20H34N6O8/c1-11(28)20(9-14(20)29)26-16(31)6-4-2-3-5-7-23-18(33)13(10-27)25-19(34)24-12(17(22)32)8-15(21)30/h11-13,27-28H,2-10H2,1H3,(H2,21,30)(H2,22,32)(H,23,33)(H,26,31)(H2,24,25,34). The summed E-state index contributed by atoms with van der Waals surface area (Å²) in [5.41, 5.74) is 8.92. The monoisotopic (exact) mass is 486 g/mol. The number of primary amides is 2. The highest BCUT2D eigenvalue weighted by Gasteiger charge is 2.58. The van der Waals surface area contributed by atoms with Gasteiger partial charge in [-0.1, -0.05) is 12.8 Å². The first-order valence-corrected chi connectivity index (χ1v) is 11.0. The number of rotatable bonds is 16. The smallest absolute Gasteiger partial charge is 0.316 e. The van der Waals surface area contributed by atoms with Crippen molar-refractivity contribution in [1.82, 2.24) is 21.3 Å². The number of amides is 6. The lowest BCUT2D eigenvalue weighted by Gasteiger charge is -2.19. The van der Waals surface area contributed by atoms with Crippen molar-refractivity contribution in [2.45, 2.75) is 75.6 Å².